The van der Waals surface area contributed by atoms with E-state index < -0.39 is 0 Å². The van der Waals surface area contributed by atoms with Crippen molar-refractivity contribution in [3.8, 4) is 6.07 Å². The molecule has 21 heavy (non-hydrogen) atoms. The van der Waals surface area contributed by atoms with Crippen LogP contribution in [0, 0.1) is 11.3 Å². The number of nitriles is 1. The van der Waals surface area contributed by atoms with Crippen LogP contribution in [0.15, 0.2) is 49.3 Å². The highest BCUT2D eigenvalue weighted by Gasteiger charge is 2.07. The Morgan fingerprint density at radius 1 is 1.38 bits per heavy atom. The zero-order valence-electron chi connectivity index (χ0n) is 11.2. The molecule has 6 nitrogen and oxygen atoms in total. The Hall–Kier alpha value is -3.20. The Balaban J connectivity index is 2.15. The van der Waals surface area contributed by atoms with Gasteiger partial charge in [-0.1, -0.05) is 12.1 Å². The minimum Gasteiger partial charge on any atom is -0.347 e. The van der Waals surface area contributed by atoms with Crippen LogP contribution in [0.5, 0.6) is 0 Å². The predicted molar refractivity (Wildman–Crippen MR) is 79.0 cm³/mol. The predicted octanol–water partition coefficient (Wildman–Crippen LogP) is 2.01. The summed E-state index contributed by atoms with van der Waals surface area (Å²) >= 11 is 0. The first kappa shape index (κ1) is 14.2. The quantitative estimate of drug-likeness (QED) is 0.817. The highest BCUT2D eigenvalue weighted by atomic mass is 16.1. The fourth-order valence-corrected chi connectivity index (χ4v) is 1.62. The van der Waals surface area contributed by atoms with Crippen molar-refractivity contribution in [1.29, 1.82) is 5.26 Å². The number of aromatic nitrogens is 2. The van der Waals surface area contributed by atoms with Gasteiger partial charge in [-0.3, -0.25) is 4.79 Å². The summed E-state index contributed by atoms with van der Waals surface area (Å²) in [6.45, 7) is 3.90. The lowest BCUT2D eigenvalue weighted by Crippen LogP contribution is -2.24. The van der Waals surface area contributed by atoms with Gasteiger partial charge in [-0.2, -0.15) is 5.26 Å². The van der Waals surface area contributed by atoms with E-state index in [4.69, 9.17) is 5.26 Å². The van der Waals surface area contributed by atoms with Gasteiger partial charge in [0.2, 0.25) is 0 Å². The number of anilines is 2. The minimum absolute atomic E-state index is 0.255. The van der Waals surface area contributed by atoms with Gasteiger partial charge in [-0.25, -0.2) is 9.97 Å². The summed E-state index contributed by atoms with van der Waals surface area (Å²) in [5.74, 6) is 0.176. The van der Waals surface area contributed by atoms with Gasteiger partial charge in [0.25, 0.3) is 5.91 Å². The van der Waals surface area contributed by atoms with Crippen LogP contribution in [0.25, 0.3) is 0 Å². The summed E-state index contributed by atoms with van der Waals surface area (Å²) in [4.78, 5) is 19.8. The molecule has 0 saturated carbocycles. The summed E-state index contributed by atoms with van der Waals surface area (Å²) in [5.41, 5.74) is 1.51. The molecule has 0 aliphatic heterocycles. The van der Waals surface area contributed by atoms with Crippen molar-refractivity contribution < 1.29 is 4.79 Å². The van der Waals surface area contributed by atoms with Gasteiger partial charge in [-0.05, 0) is 18.2 Å². The standard InChI is InChI=1S/C15H13N5O/c1-2-6-17-15(21)13-8-14(19-10-18-13)20-12-5-3-4-11(7-12)9-16/h2-5,7-8,10H,1,6H2,(H,17,21)(H,18,19,20). The molecule has 1 heterocycles. The maximum Gasteiger partial charge on any atom is 0.270 e. The fourth-order valence-electron chi connectivity index (χ4n) is 1.62. The van der Waals surface area contributed by atoms with Gasteiger partial charge >= 0.3 is 0 Å². The molecular formula is C15H13N5O. The van der Waals surface area contributed by atoms with Crippen molar-refractivity contribution in [2.45, 2.75) is 0 Å². The van der Waals surface area contributed by atoms with Crippen molar-refractivity contribution in [2.24, 2.45) is 0 Å². The number of nitrogens with zero attached hydrogens (tertiary/aromatic N) is 3. The molecule has 0 spiro atoms. The van der Waals surface area contributed by atoms with E-state index in [-0.39, 0.29) is 11.6 Å². The number of hydrogen-bond donors (Lipinski definition) is 2. The van der Waals surface area contributed by atoms with E-state index in [1.165, 1.54) is 12.4 Å². The first-order valence-electron chi connectivity index (χ1n) is 6.21. The third-order valence-corrected chi connectivity index (χ3v) is 2.57. The molecule has 1 amide bonds. The highest BCUT2D eigenvalue weighted by molar-refractivity contribution is 5.93. The molecule has 2 rings (SSSR count). The second kappa shape index (κ2) is 6.82. The average molecular weight is 279 g/mol. The van der Waals surface area contributed by atoms with Gasteiger partial charge < -0.3 is 10.6 Å². The van der Waals surface area contributed by atoms with Crippen molar-refractivity contribution in [1.82, 2.24) is 15.3 Å². The zero-order valence-corrected chi connectivity index (χ0v) is 11.2. The zero-order chi connectivity index (χ0) is 15.1. The van der Waals surface area contributed by atoms with Crippen LogP contribution in [0.1, 0.15) is 16.1 Å². The molecule has 0 aliphatic carbocycles. The maximum atomic E-state index is 11.8. The number of amides is 1. The first-order chi connectivity index (χ1) is 10.2. The molecule has 0 unspecified atom stereocenters. The summed E-state index contributed by atoms with van der Waals surface area (Å²) in [5, 5.41) is 14.5. The summed E-state index contributed by atoms with van der Waals surface area (Å²) < 4.78 is 0. The van der Waals surface area contributed by atoms with Gasteiger partial charge in [0, 0.05) is 18.3 Å². The molecule has 2 N–H and O–H groups in total. The highest BCUT2D eigenvalue weighted by Crippen LogP contribution is 2.15. The monoisotopic (exact) mass is 279 g/mol. The molecule has 1 aromatic carbocycles. The van der Waals surface area contributed by atoms with E-state index in [9.17, 15) is 4.79 Å². The Labute approximate surface area is 122 Å². The Bertz CT molecular complexity index is 705. The Morgan fingerprint density at radius 2 is 2.24 bits per heavy atom. The number of nitrogens with one attached hydrogen (secondary N) is 2. The minimum atomic E-state index is -0.300. The summed E-state index contributed by atoms with van der Waals surface area (Å²) in [7, 11) is 0. The van der Waals surface area contributed by atoms with Gasteiger partial charge in [0.1, 0.15) is 17.8 Å². The Kier molecular flexibility index (Phi) is 4.62. The lowest BCUT2D eigenvalue weighted by molar-refractivity contribution is 0.0953. The van der Waals surface area contributed by atoms with E-state index in [1.807, 2.05) is 0 Å². The van der Waals surface area contributed by atoms with Gasteiger partial charge in [0.15, 0.2) is 0 Å². The first-order valence-corrected chi connectivity index (χ1v) is 6.21. The van der Waals surface area contributed by atoms with Gasteiger partial charge in [0.05, 0.1) is 11.6 Å². The second-order valence-corrected chi connectivity index (χ2v) is 4.10. The van der Waals surface area contributed by atoms with Crippen molar-refractivity contribution in [2.75, 3.05) is 11.9 Å². The lowest BCUT2D eigenvalue weighted by atomic mass is 10.2. The lowest BCUT2D eigenvalue weighted by Gasteiger charge is -2.07. The number of carbonyl (C=O) groups is 1. The SMILES string of the molecule is C=CCNC(=O)c1cc(Nc2cccc(C#N)c2)ncn1. The molecule has 0 radical (unpaired) electrons. The van der Waals surface area contributed by atoms with Crippen LogP contribution in [0.2, 0.25) is 0 Å². The number of hydrogen-bond acceptors (Lipinski definition) is 5. The smallest absolute Gasteiger partial charge is 0.270 e. The molecule has 0 saturated heterocycles. The molecule has 0 aliphatic rings. The molecule has 0 bridgehead atoms. The molecular weight excluding hydrogens is 266 g/mol. The number of benzene rings is 1. The molecule has 104 valence electrons. The van der Waals surface area contributed by atoms with E-state index in [1.54, 1.807) is 30.3 Å². The maximum absolute atomic E-state index is 11.8. The molecule has 0 fully saturated rings. The number of carbonyl (C=O) groups excluding carboxylic acids is 1. The van der Waals surface area contributed by atoms with Crippen LogP contribution in [0.4, 0.5) is 11.5 Å². The van der Waals surface area contributed by atoms with E-state index in [2.05, 4.69) is 33.2 Å². The second-order valence-electron chi connectivity index (χ2n) is 4.10. The van der Waals surface area contributed by atoms with Crippen LogP contribution in [-0.2, 0) is 0 Å². The topological polar surface area (TPSA) is 90.7 Å². The summed E-state index contributed by atoms with van der Waals surface area (Å²) in [6.07, 6.45) is 2.89. The fraction of sp³-hybridized carbons (Fsp3) is 0.0667. The Morgan fingerprint density at radius 3 is 3.00 bits per heavy atom. The van der Waals surface area contributed by atoms with Crippen molar-refractivity contribution >= 4 is 17.4 Å². The normalized spacial score (nSPS) is 9.48. The van der Waals surface area contributed by atoms with E-state index in [0.29, 0.717) is 23.6 Å². The molecule has 6 heteroatoms. The molecule has 1 aromatic heterocycles. The van der Waals surface area contributed by atoms with Crippen molar-refractivity contribution in [3.05, 3.63) is 60.6 Å². The summed E-state index contributed by atoms with van der Waals surface area (Å²) in [6, 6.07) is 10.6. The van der Waals surface area contributed by atoms with Crippen molar-refractivity contribution in [3.63, 3.8) is 0 Å². The average Bonchev–Trinajstić information content (AvgIpc) is 2.53. The third kappa shape index (κ3) is 3.88. The number of rotatable bonds is 5. The van der Waals surface area contributed by atoms with E-state index >= 15 is 0 Å². The third-order valence-electron chi connectivity index (χ3n) is 2.57. The van der Waals surface area contributed by atoms with Crippen LogP contribution in [0.3, 0.4) is 0 Å². The molecule has 0 atom stereocenters. The largest absolute Gasteiger partial charge is 0.347 e. The van der Waals surface area contributed by atoms with Crippen LogP contribution in [-0.4, -0.2) is 22.4 Å². The molecule has 2 aromatic rings. The van der Waals surface area contributed by atoms with Gasteiger partial charge in [-0.15, -0.1) is 6.58 Å². The van der Waals surface area contributed by atoms with Crippen LogP contribution < -0.4 is 10.6 Å². The van der Waals surface area contributed by atoms with E-state index in [0.717, 1.165) is 0 Å². The van der Waals surface area contributed by atoms with Crippen LogP contribution >= 0.6 is 0 Å².